The van der Waals surface area contributed by atoms with Gasteiger partial charge in [-0.3, -0.25) is 0 Å². The number of methoxy groups -OCH3 is 1. The summed E-state index contributed by atoms with van der Waals surface area (Å²) in [5, 5.41) is 8.35. The quantitative estimate of drug-likeness (QED) is 0.743. The number of hydrogen-bond acceptors (Lipinski definition) is 5. The van der Waals surface area contributed by atoms with E-state index in [4.69, 9.17) is 4.74 Å². The van der Waals surface area contributed by atoms with Gasteiger partial charge < -0.3 is 9.30 Å². The van der Waals surface area contributed by atoms with Crippen molar-refractivity contribution in [3.8, 4) is 23.0 Å². The van der Waals surface area contributed by atoms with Crippen LogP contribution in [0.25, 0.3) is 17.1 Å². The largest absolute Gasteiger partial charge is 0.479 e. The fraction of sp³-hybridized carbons (Fsp3) is 0.250. The number of nitrogens with zero attached hydrogens (tertiary/aromatic N) is 5. The first-order chi connectivity index (χ1) is 10.6. The molecule has 0 unspecified atom stereocenters. The summed E-state index contributed by atoms with van der Waals surface area (Å²) in [6.07, 6.45) is 3.67. The van der Waals surface area contributed by atoms with Crippen LogP contribution < -0.4 is 4.74 Å². The lowest BCUT2D eigenvalue weighted by Gasteiger charge is -2.10. The number of aromatic nitrogens is 5. The van der Waals surface area contributed by atoms with Crippen molar-refractivity contribution in [2.75, 3.05) is 7.11 Å². The van der Waals surface area contributed by atoms with E-state index in [0.29, 0.717) is 5.88 Å². The molecule has 6 heteroatoms. The topological polar surface area (TPSA) is 65.7 Å². The Morgan fingerprint density at radius 2 is 1.86 bits per heavy atom. The van der Waals surface area contributed by atoms with Crippen LogP contribution in [0, 0.1) is 20.8 Å². The molecule has 0 amide bonds. The van der Waals surface area contributed by atoms with Crippen LogP contribution in [0.15, 0.2) is 30.7 Å². The molecule has 112 valence electrons. The molecular weight excluding hydrogens is 278 g/mol. The maximum absolute atomic E-state index is 5.42. The number of aryl methyl sites for hydroxylation is 3. The number of hydrogen-bond donors (Lipinski definition) is 0. The number of imidazole rings is 1. The third kappa shape index (κ3) is 2.55. The van der Waals surface area contributed by atoms with Crippen molar-refractivity contribution in [3.05, 3.63) is 47.7 Å². The van der Waals surface area contributed by atoms with Crippen LogP contribution in [0.2, 0.25) is 0 Å². The normalized spacial score (nSPS) is 10.7. The van der Waals surface area contributed by atoms with Crippen molar-refractivity contribution in [2.24, 2.45) is 0 Å². The lowest BCUT2D eigenvalue weighted by atomic mass is 10.2. The zero-order valence-corrected chi connectivity index (χ0v) is 13.0. The molecule has 0 saturated heterocycles. The van der Waals surface area contributed by atoms with E-state index in [1.165, 1.54) is 0 Å². The highest BCUT2D eigenvalue weighted by Gasteiger charge is 2.11. The molecule has 3 aromatic heterocycles. The summed E-state index contributed by atoms with van der Waals surface area (Å²) in [4.78, 5) is 8.77. The predicted molar refractivity (Wildman–Crippen MR) is 83.1 cm³/mol. The zero-order valence-electron chi connectivity index (χ0n) is 13.0. The molecule has 0 spiro atoms. The minimum atomic E-state index is 0.523. The highest BCUT2D eigenvalue weighted by Crippen LogP contribution is 2.25. The average Bonchev–Trinajstić information content (AvgIpc) is 2.95. The van der Waals surface area contributed by atoms with Gasteiger partial charge in [-0.25, -0.2) is 9.97 Å². The van der Waals surface area contributed by atoms with Gasteiger partial charge in [-0.1, -0.05) is 0 Å². The van der Waals surface area contributed by atoms with Gasteiger partial charge in [0.25, 0.3) is 0 Å². The molecule has 0 radical (unpaired) electrons. The lowest BCUT2D eigenvalue weighted by molar-refractivity contribution is 0.396. The summed E-state index contributed by atoms with van der Waals surface area (Å²) in [7, 11) is 1.60. The van der Waals surface area contributed by atoms with Gasteiger partial charge in [-0.05, 0) is 44.5 Å². The third-order valence-corrected chi connectivity index (χ3v) is 3.52. The molecule has 0 aliphatic rings. The fourth-order valence-corrected chi connectivity index (χ4v) is 2.15. The van der Waals surface area contributed by atoms with Crippen LogP contribution in [-0.4, -0.2) is 31.8 Å². The summed E-state index contributed by atoms with van der Waals surface area (Å²) in [5.74, 6) is 0.523. The second-order valence-corrected chi connectivity index (χ2v) is 5.15. The fourth-order valence-electron chi connectivity index (χ4n) is 2.15. The third-order valence-electron chi connectivity index (χ3n) is 3.52. The van der Waals surface area contributed by atoms with E-state index in [2.05, 4.69) is 20.2 Å². The Kier molecular flexibility index (Phi) is 3.58. The minimum Gasteiger partial charge on any atom is -0.479 e. The van der Waals surface area contributed by atoms with E-state index in [-0.39, 0.29) is 0 Å². The molecule has 0 saturated carbocycles. The Hall–Kier alpha value is -2.76. The van der Waals surface area contributed by atoms with E-state index in [1.807, 2.05) is 49.7 Å². The maximum atomic E-state index is 5.42. The van der Waals surface area contributed by atoms with E-state index in [0.717, 1.165) is 34.0 Å². The van der Waals surface area contributed by atoms with Gasteiger partial charge >= 0.3 is 0 Å². The van der Waals surface area contributed by atoms with E-state index >= 15 is 0 Å². The monoisotopic (exact) mass is 295 g/mol. The molecule has 3 rings (SSSR count). The van der Waals surface area contributed by atoms with Crippen molar-refractivity contribution >= 4 is 0 Å². The Labute approximate surface area is 128 Å². The Morgan fingerprint density at radius 1 is 1.05 bits per heavy atom. The molecule has 0 fully saturated rings. The maximum Gasteiger partial charge on any atom is 0.238 e. The standard InChI is InChI=1S/C16H17N5O/c1-10-7-14(20-19-12(10)3)13-5-6-15(16(18-13)22-4)21-8-11(2)17-9-21/h5-9H,1-4H3. The summed E-state index contributed by atoms with van der Waals surface area (Å²) in [6.45, 7) is 5.88. The molecule has 6 nitrogen and oxygen atoms in total. The molecule has 0 aliphatic heterocycles. The Bertz CT molecular complexity index is 825. The smallest absolute Gasteiger partial charge is 0.238 e. The van der Waals surface area contributed by atoms with E-state index < -0.39 is 0 Å². The summed E-state index contributed by atoms with van der Waals surface area (Å²) in [5.41, 5.74) is 5.24. The second-order valence-electron chi connectivity index (χ2n) is 5.15. The zero-order chi connectivity index (χ0) is 15.7. The average molecular weight is 295 g/mol. The molecular formula is C16H17N5O. The lowest BCUT2D eigenvalue weighted by Crippen LogP contribution is -2.01. The van der Waals surface area contributed by atoms with Crippen LogP contribution in [0.3, 0.4) is 0 Å². The van der Waals surface area contributed by atoms with Crippen LogP contribution in [0.5, 0.6) is 5.88 Å². The minimum absolute atomic E-state index is 0.523. The second kappa shape index (κ2) is 5.55. The highest BCUT2D eigenvalue weighted by atomic mass is 16.5. The SMILES string of the molecule is COc1nc(-c2cc(C)c(C)nn2)ccc1-n1cnc(C)c1. The summed E-state index contributed by atoms with van der Waals surface area (Å²) in [6, 6.07) is 5.83. The van der Waals surface area contributed by atoms with Gasteiger partial charge in [0.05, 0.1) is 30.5 Å². The van der Waals surface area contributed by atoms with Crippen LogP contribution in [0.1, 0.15) is 17.0 Å². The molecule has 0 atom stereocenters. The van der Waals surface area contributed by atoms with Gasteiger partial charge in [0.1, 0.15) is 11.4 Å². The van der Waals surface area contributed by atoms with Crippen molar-refractivity contribution in [3.63, 3.8) is 0 Å². The molecule has 22 heavy (non-hydrogen) atoms. The molecule has 0 aliphatic carbocycles. The first kappa shape index (κ1) is 14.2. The van der Waals surface area contributed by atoms with Crippen LogP contribution in [-0.2, 0) is 0 Å². The van der Waals surface area contributed by atoms with Gasteiger partial charge in [0, 0.05) is 6.20 Å². The predicted octanol–water partition coefficient (Wildman–Crippen LogP) is 2.66. The molecule has 0 bridgehead atoms. The molecule has 3 heterocycles. The molecule has 0 N–H and O–H groups in total. The number of ether oxygens (including phenoxy) is 1. The summed E-state index contributed by atoms with van der Waals surface area (Å²) >= 11 is 0. The van der Waals surface area contributed by atoms with Gasteiger partial charge in [-0.2, -0.15) is 5.10 Å². The molecule has 3 aromatic rings. The first-order valence-electron chi connectivity index (χ1n) is 6.96. The molecule has 0 aromatic carbocycles. The number of rotatable bonds is 3. The summed E-state index contributed by atoms with van der Waals surface area (Å²) < 4.78 is 7.30. The van der Waals surface area contributed by atoms with Gasteiger partial charge in [-0.15, -0.1) is 5.10 Å². The van der Waals surface area contributed by atoms with Crippen molar-refractivity contribution in [1.29, 1.82) is 0 Å². The van der Waals surface area contributed by atoms with E-state index in [9.17, 15) is 0 Å². The first-order valence-corrected chi connectivity index (χ1v) is 6.96. The van der Waals surface area contributed by atoms with E-state index in [1.54, 1.807) is 13.4 Å². The van der Waals surface area contributed by atoms with Gasteiger partial charge in [0.2, 0.25) is 5.88 Å². The Morgan fingerprint density at radius 3 is 2.50 bits per heavy atom. The van der Waals surface area contributed by atoms with Crippen LogP contribution >= 0.6 is 0 Å². The van der Waals surface area contributed by atoms with Gasteiger partial charge in [0.15, 0.2) is 0 Å². The Balaban J connectivity index is 2.06. The van der Waals surface area contributed by atoms with Crippen LogP contribution in [0.4, 0.5) is 0 Å². The van der Waals surface area contributed by atoms with Crippen molar-refractivity contribution in [2.45, 2.75) is 20.8 Å². The number of pyridine rings is 1. The highest BCUT2D eigenvalue weighted by molar-refractivity contribution is 5.59. The van der Waals surface area contributed by atoms with Crippen molar-refractivity contribution < 1.29 is 4.74 Å². The van der Waals surface area contributed by atoms with Crippen molar-refractivity contribution in [1.82, 2.24) is 24.7 Å².